The Kier molecular flexibility index (Phi) is 7.61. The van der Waals surface area contributed by atoms with E-state index in [1.165, 1.54) is 0 Å². The third-order valence-corrected chi connectivity index (χ3v) is 0. The molecular formula is AlCl4Cu-. The first-order valence-electron chi connectivity index (χ1n) is 0.873. The second kappa shape index (κ2) is 4.13. The van der Waals surface area contributed by atoms with Gasteiger partial charge in [0.05, 0.1) is 0 Å². The summed E-state index contributed by atoms with van der Waals surface area (Å²) in [7, 11) is 17.0. The van der Waals surface area contributed by atoms with Crippen LogP contribution in [0.1, 0.15) is 0 Å². The Balaban J connectivity index is 0. The molecule has 0 amide bonds. The van der Waals surface area contributed by atoms with Crippen molar-refractivity contribution in [2.24, 2.45) is 0 Å². The van der Waals surface area contributed by atoms with E-state index >= 15 is 0 Å². The summed E-state index contributed by atoms with van der Waals surface area (Å²) in [6.07, 6.45) is 0. The minimum atomic E-state index is -2.94. The molecule has 0 aliphatic heterocycles. The molecule has 6 heteroatoms. The van der Waals surface area contributed by atoms with Crippen LogP contribution in [0.3, 0.4) is 0 Å². The Bertz CT molecular complexity index is 23.0. The topological polar surface area (TPSA) is 0 Å². The number of halogens is 4. The van der Waals surface area contributed by atoms with E-state index in [0.717, 1.165) is 0 Å². The zero-order chi connectivity index (χ0) is 4.50. The summed E-state index contributed by atoms with van der Waals surface area (Å²) < 4.78 is 0. The second-order valence-electron chi connectivity index (χ2n) is 0.495. The minimum absolute atomic E-state index is 0. The monoisotopic (exact) mass is 230 g/mol. The van der Waals surface area contributed by atoms with Crippen molar-refractivity contribution < 1.29 is 17.1 Å². The maximum absolute atomic E-state index is 4.99. The Hall–Kier alpha value is 2.21. The molecule has 0 aromatic rings. The van der Waals surface area contributed by atoms with E-state index in [1.54, 1.807) is 0 Å². The molecule has 0 rings (SSSR count). The van der Waals surface area contributed by atoms with E-state index in [0.29, 0.717) is 0 Å². The summed E-state index contributed by atoms with van der Waals surface area (Å²) in [6.45, 7) is 0. The number of rotatable bonds is 0. The third-order valence-electron chi connectivity index (χ3n) is 0. The average Bonchev–Trinajstić information content (AvgIpc) is 0.722. The Morgan fingerprint density at radius 3 is 0.833 bits per heavy atom. The van der Waals surface area contributed by atoms with Crippen molar-refractivity contribution in [2.45, 2.75) is 0 Å². The minimum Gasteiger partial charge on any atom is -0.391 e. The van der Waals surface area contributed by atoms with Gasteiger partial charge < -0.3 is 40.2 Å². The van der Waals surface area contributed by atoms with Gasteiger partial charge >= 0.3 is 9.39 Å². The van der Waals surface area contributed by atoms with Gasteiger partial charge in [-0.25, -0.2) is 0 Å². The molecule has 0 saturated heterocycles. The van der Waals surface area contributed by atoms with Crippen LogP contribution in [0.5, 0.6) is 0 Å². The van der Waals surface area contributed by atoms with E-state index in [-0.39, 0.29) is 17.1 Å². The van der Waals surface area contributed by atoms with Gasteiger partial charge in [-0.15, -0.1) is 0 Å². The Morgan fingerprint density at radius 1 is 0.833 bits per heavy atom. The van der Waals surface area contributed by atoms with Crippen LogP contribution in [0, 0.1) is 0 Å². The van der Waals surface area contributed by atoms with Gasteiger partial charge in [-0.2, -0.15) is 0 Å². The number of hydrogen-bond acceptors (Lipinski definition) is 0. The van der Waals surface area contributed by atoms with Crippen LogP contribution in [0.4, 0.5) is 0 Å². The van der Waals surface area contributed by atoms with Gasteiger partial charge in [-0.1, -0.05) is 0 Å². The van der Waals surface area contributed by atoms with Crippen molar-refractivity contribution >= 4 is 49.6 Å². The summed E-state index contributed by atoms with van der Waals surface area (Å²) in [5.74, 6) is 0. The fourth-order valence-corrected chi connectivity index (χ4v) is 0. The molecule has 0 heterocycles. The predicted octanol–water partition coefficient (Wildman–Crippen LogP) is 2.37. The normalized spacial score (nSPS) is 10.0. The van der Waals surface area contributed by atoms with E-state index in [1.807, 2.05) is 0 Å². The van der Waals surface area contributed by atoms with Gasteiger partial charge in [-0.3, -0.25) is 0 Å². The molecule has 0 N–H and O–H groups in total. The maximum Gasteiger partial charge on any atom is 0.564 e. The van der Waals surface area contributed by atoms with E-state index < -0.39 is 9.39 Å². The van der Waals surface area contributed by atoms with Gasteiger partial charge in [-0.05, 0) is 0 Å². The third kappa shape index (κ3) is 34.5. The molecule has 0 aromatic carbocycles. The summed E-state index contributed by atoms with van der Waals surface area (Å²) in [5.41, 5.74) is 0. The van der Waals surface area contributed by atoms with Gasteiger partial charge in [0, 0.05) is 17.1 Å². The maximum atomic E-state index is 4.99. The predicted molar refractivity (Wildman–Crippen MR) is 29.2 cm³/mol. The smallest absolute Gasteiger partial charge is 0.391 e. The fourth-order valence-electron chi connectivity index (χ4n) is 0. The first-order chi connectivity index (χ1) is 2.00. The molecule has 0 spiro atoms. The first kappa shape index (κ1) is 11.1. The summed E-state index contributed by atoms with van der Waals surface area (Å²) in [6, 6.07) is 0. The van der Waals surface area contributed by atoms with Crippen molar-refractivity contribution in [1.82, 2.24) is 0 Å². The van der Waals surface area contributed by atoms with Crippen molar-refractivity contribution in [3.05, 3.63) is 0 Å². The molecule has 0 saturated carbocycles. The average molecular weight is 232 g/mol. The molecule has 0 fully saturated rings. The van der Waals surface area contributed by atoms with Crippen LogP contribution >= 0.6 is 40.2 Å². The second-order valence-corrected chi connectivity index (χ2v) is 13.4. The van der Waals surface area contributed by atoms with Gasteiger partial charge in [0.25, 0.3) is 0 Å². The van der Waals surface area contributed by atoms with Crippen LogP contribution in [-0.4, -0.2) is 9.39 Å². The largest absolute Gasteiger partial charge is 0.564 e. The molecular weight excluding hydrogens is 232 g/mol. The van der Waals surface area contributed by atoms with E-state index in [9.17, 15) is 0 Å². The van der Waals surface area contributed by atoms with Gasteiger partial charge in [0.15, 0.2) is 0 Å². The van der Waals surface area contributed by atoms with Crippen LogP contribution in [-0.2, 0) is 17.1 Å². The first-order valence-corrected chi connectivity index (χ1v) is 7.86. The van der Waals surface area contributed by atoms with Gasteiger partial charge in [0.2, 0.25) is 0 Å². The molecule has 0 aliphatic carbocycles. The molecule has 0 bridgehead atoms. The summed E-state index contributed by atoms with van der Waals surface area (Å²) >= 11 is 0. The molecule has 0 unspecified atom stereocenters. The van der Waals surface area contributed by atoms with Crippen molar-refractivity contribution in [1.29, 1.82) is 0 Å². The van der Waals surface area contributed by atoms with Crippen LogP contribution in [0.15, 0.2) is 0 Å². The van der Waals surface area contributed by atoms with Crippen LogP contribution < -0.4 is 0 Å². The fraction of sp³-hybridized carbons (Fsp3) is 0. The Morgan fingerprint density at radius 2 is 0.833 bits per heavy atom. The van der Waals surface area contributed by atoms with Crippen LogP contribution in [0.25, 0.3) is 0 Å². The van der Waals surface area contributed by atoms with Crippen molar-refractivity contribution in [3.63, 3.8) is 0 Å². The Labute approximate surface area is 66.0 Å². The van der Waals surface area contributed by atoms with Crippen molar-refractivity contribution in [3.8, 4) is 0 Å². The number of hydrogen-bond donors (Lipinski definition) is 0. The molecule has 0 aliphatic rings. The van der Waals surface area contributed by atoms with Gasteiger partial charge in [0.1, 0.15) is 0 Å². The SMILES string of the molecule is [Cl][Al-]([Cl])([Cl])[Cl].[Cu]. The van der Waals surface area contributed by atoms with Crippen molar-refractivity contribution in [2.75, 3.05) is 0 Å². The molecule has 0 nitrogen and oxygen atoms in total. The zero-order valence-electron chi connectivity index (χ0n) is 2.39. The molecule has 6 heavy (non-hydrogen) atoms. The summed E-state index contributed by atoms with van der Waals surface area (Å²) in [5, 5.41) is 0. The standard InChI is InChI=1S/Al.4ClH.Cu/h;4*1H;/q+3;;;;;/p-4. The molecule has 0 aromatic heterocycles. The van der Waals surface area contributed by atoms with Crippen LogP contribution in [0.2, 0.25) is 0 Å². The van der Waals surface area contributed by atoms with E-state index in [2.05, 4.69) is 0 Å². The molecule has 0 atom stereocenters. The molecule has 1 radical (unpaired) electrons. The quantitative estimate of drug-likeness (QED) is 0.563. The molecule has 43 valence electrons. The zero-order valence-corrected chi connectivity index (χ0v) is 7.51. The summed E-state index contributed by atoms with van der Waals surface area (Å²) in [4.78, 5) is 0. The van der Waals surface area contributed by atoms with E-state index in [4.69, 9.17) is 40.2 Å².